The predicted molar refractivity (Wildman–Crippen MR) is 121 cm³/mol. The molecule has 1 aromatic rings. The maximum absolute atomic E-state index is 12.5. The van der Waals surface area contributed by atoms with Crippen LogP contribution in [0.2, 0.25) is 0 Å². The topological polar surface area (TPSA) is 35.5 Å². The number of rotatable bonds is 7. The van der Waals surface area contributed by atoms with Crippen molar-refractivity contribution in [3.05, 3.63) is 59.2 Å². The number of benzene rings is 1. The summed E-state index contributed by atoms with van der Waals surface area (Å²) in [7, 11) is 0. The van der Waals surface area contributed by atoms with Crippen molar-refractivity contribution in [2.45, 2.75) is 78.6 Å². The highest BCUT2D eigenvalue weighted by Crippen LogP contribution is 2.49. The third-order valence-electron chi connectivity index (χ3n) is 5.60. The molecule has 1 aliphatic carbocycles. The molecule has 0 saturated carbocycles. The summed E-state index contributed by atoms with van der Waals surface area (Å²) < 4.78 is 11.7. The van der Waals surface area contributed by atoms with Gasteiger partial charge in [0.1, 0.15) is 0 Å². The molecule has 3 nitrogen and oxygen atoms in total. The molecule has 2 rings (SSSR count). The van der Waals surface area contributed by atoms with Gasteiger partial charge in [0.05, 0.1) is 6.61 Å². The zero-order valence-corrected chi connectivity index (χ0v) is 19.1. The van der Waals surface area contributed by atoms with E-state index in [-0.39, 0.29) is 16.8 Å². The van der Waals surface area contributed by atoms with Crippen LogP contribution in [0.4, 0.5) is 0 Å². The smallest absolute Gasteiger partial charge is 0.336 e. The van der Waals surface area contributed by atoms with Crippen LogP contribution < -0.4 is 9.47 Å². The Hall–Kier alpha value is -2.29. The molecule has 0 amide bonds. The molecule has 0 saturated heterocycles. The van der Waals surface area contributed by atoms with Crippen LogP contribution in [0.5, 0.6) is 11.5 Å². The van der Waals surface area contributed by atoms with Gasteiger partial charge in [-0.1, -0.05) is 58.9 Å². The van der Waals surface area contributed by atoms with Gasteiger partial charge in [-0.25, -0.2) is 4.79 Å². The minimum atomic E-state index is -0.387. The van der Waals surface area contributed by atoms with E-state index >= 15 is 0 Å². The zero-order chi connectivity index (χ0) is 21.7. The number of ether oxygens (including phenoxy) is 2. The first-order valence-corrected chi connectivity index (χ1v) is 10.6. The Morgan fingerprint density at radius 2 is 1.62 bits per heavy atom. The average Bonchev–Trinajstić information content (AvgIpc) is 2.64. The van der Waals surface area contributed by atoms with Crippen molar-refractivity contribution in [2.24, 2.45) is 0 Å². The molecule has 0 atom stereocenters. The molecule has 0 heterocycles. The van der Waals surface area contributed by atoms with Gasteiger partial charge in [-0.2, -0.15) is 0 Å². The third kappa shape index (κ3) is 5.85. The van der Waals surface area contributed by atoms with Gasteiger partial charge >= 0.3 is 5.97 Å². The lowest BCUT2D eigenvalue weighted by molar-refractivity contribution is -0.129. The second-order valence-corrected chi connectivity index (χ2v) is 9.16. The van der Waals surface area contributed by atoms with E-state index in [0.717, 1.165) is 24.8 Å². The van der Waals surface area contributed by atoms with Crippen LogP contribution in [0, 0.1) is 0 Å². The molecule has 0 aromatic heterocycles. The van der Waals surface area contributed by atoms with E-state index in [0.29, 0.717) is 18.1 Å². The highest BCUT2D eigenvalue weighted by molar-refractivity contribution is 5.85. The minimum Gasteiger partial charge on any atom is -0.490 e. The van der Waals surface area contributed by atoms with Crippen LogP contribution in [0.15, 0.2) is 48.1 Å². The van der Waals surface area contributed by atoms with Crippen molar-refractivity contribution >= 4 is 5.97 Å². The molecule has 0 fully saturated rings. The van der Waals surface area contributed by atoms with E-state index in [2.05, 4.69) is 40.7 Å². The molecular weight excluding hydrogens is 360 g/mol. The Morgan fingerprint density at radius 3 is 2.17 bits per heavy atom. The fraction of sp³-hybridized carbons (Fsp3) is 0.500. The lowest BCUT2D eigenvalue weighted by Crippen LogP contribution is -2.34. The molecule has 0 spiro atoms. The maximum atomic E-state index is 12.5. The fourth-order valence-electron chi connectivity index (χ4n) is 3.67. The summed E-state index contributed by atoms with van der Waals surface area (Å²) in [6.07, 6.45) is 12.3. The normalized spacial score (nSPS) is 18.1. The van der Waals surface area contributed by atoms with Crippen LogP contribution in [0.3, 0.4) is 0 Å². The molecule has 1 aliphatic rings. The standard InChI is InChI=1S/C26H36O3/c1-8-10-11-12-19(3)16-24(27)29-23-18-21-20(17-22(23)28-15-9-2)25(4,5)13-14-26(21,6)7/h8,10-12,16-18H,9,13-15H2,1-7H3/b10-8+,12-11+,19-16+. The van der Waals surface area contributed by atoms with Crippen LogP contribution in [0.1, 0.15) is 78.9 Å². The maximum Gasteiger partial charge on any atom is 0.336 e. The molecule has 0 radical (unpaired) electrons. The minimum absolute atomic E-state index is 0.0380. The van der Waals surface area contributed by atoms with Crippen LogP contribution in [0.25, 0.3) is 0 Å². The lowest BCUT2D eigenvalue weighted by atomic mass is 9.63. The second kappa shape index (κ2) is 9.47. The van der Waals surface area contributed by atoms with Crippen molar-refractivity contribution in [3.63, 3.8) is 0 Å². The van der Waals surface area contributed by atoms with Crippen LogP contribution in [-0.4, -0.2) is 12.6 Å². The van der Waals surface area contributed by atoms with Crippen molar-refractivity contribution in [1.29, 1.82) is 0 Å². The number of hydrogen-bond acceptors (Lipinski definition) is 3. The Bertz CT molecular complexity index is 823. The molecule has 1 aromatic carbocycles. The SMILES string of the molecule is C/C=C/C=C/C(C)=C/C(=O)Oc1cc2c(cc1OCCC)C(C)(C)CCC2(C)C. The van der Waals surface area contributed by atoms with Crippen molar-refractivity contribution < 1.29 is 14.3 Å². The van der Waals surface area contributed by atoms with Crippen LogP contribution in [-0.2, 0) is 15.6 Å². The van der Waals surface area contributed by atoms with Gasteiger partial charge in [0.25, 0.3) is 0 Å². The summed E-state index contributed by atoms with van der Waals surface area (Å²) in [5.41, 5.74) is 3.49. The first kappa shape index (κ1) is 23.0. The number of fused-ring (bicyclic) bond motifs is 1. The number of esters is 1. The summed E-state index contributed by atoms with van der Waals surface area (Å²) in [5, 5.41) is 0. The predicted octanol–water partition coefficient (Wildman–Crippen LogP) is 6.81. The van der Waals surface area contributed by atoms with Crippen molar-refractivity contribution in [1.82, 2.24) is 0 Å². The van der Waals surface area contributed by atoms with Gasteiger partial charge in [0, 0.05) is 6.08 Å². The number of carbonyl (C=O) groups excluding carboxylic acids is 1. The van der Waals surface area contributed by atoms with Gasteiger partial charge in [0.15, 0.2) is 11.5 Å². The van der Waals surface area contributed by atoms with E-state index in [4.69, 9.17) is 9.47 Å². The Balaban J connectivity index is 2.42. The fourth-order valence-corrected chi connectivity index (χ4v) is 3.67. The Morgan fingerprint density at radius 1 is 1.03 bits per heavy atom. The van der Waals surface area contributed by atoms with E-state index in [1.165, 1.54) is 17.2 Å². The molecule has 0 unspecified atom stereocenters. The monoisotopic (exact) mass is 396 g/mol. The third-order valence-corrected chi connectivity index (χ3v) is 5.60. The first-order chi connectivity index (χ1) is 13.6. The van der Waals surface area contributed by atoms with Crippen molar-refractivity contribution in [2.75, 3.05) is 6.61 Å². The summed E-state index contributed by atoms with van der Waals surface area (Å²) >= 11 is 0. The van der Waals surface area contributed by atoms with E-state index in [1.54, 1.807) is 0 Å². The molecule has 29 heavy (non-hydrogen) atoms. The highest BCUT2D eigenvalue weighted by atomic mass is 16.6. The lowest BCUT2D eigenvalue weighted by Gasteiger charge is -2.42. The van der Waals surface area contributed by atoms with Crippen LogP contribution >= 0.6 is 0 Å². The Labute approximate surface area is 176 Å². The summed E-state index contributed by atoms with van der Waals surface area (Å²) in [6, 6.07) is 4.12. The average molecular weight is 397 g/mol. The molecule has 0 aliphatic heterocycles. The van der Waals surface area contributed by atoms with Gasteiger partial charge in [0.2, 0.25) is 0 Å². The number of hydrogen-bond donors (Lipinski definition) is 0. The van der Waals surface area contributed by atoms with Gasteiger partial charge in [-0.3, -0.25) is 0 Å². The molecular formula is C26H36O3. The zero-order valence-electron chi connectivity index (χ0n) is 19.1. The molecule has 3 heteroatoms. The van der Waals surface area contributed by atoms with E-state index in [9.17, 15) is 4.79 Å². The Kier molecular flexibility index (Phi) is 7.51. The molecule has 158 valence electrons. The van der Waals surface area contributed by atoms with Gasteiger partial charge < -0.3 is 9.47 Å². The summed E-state index contributed by atoms with van der Waals surface area (Å²) in [6.45, 7) is 15.6. The second-order valence-electron chi connectivity index (χ2n) is 9.16. The molecule has 0 N–H and O–H groups in total. The first-order valence-electron chi connectivity index (χ1n) is 10.6. The quantitative estimate of drug-likeness (QED) is 0.220. The van der Waals surface area contributed by atoms with E-state index < -0.39 is 0 Å². The summed E-state index contributed by atoms with van der Waals surface area (Å²) in [5.74, 6) is 0.775. The number of allylic oxidation sites excluding steroid dienone is 5. The van der Waals surface area contributed by atoms with Gasteiger partial charge in [-0.15, -0.1) is 0 Å². The molecule has 0 bridgehead atoms. The largest absolute Gasteiger partial charge is 0.490 e. The summed E-state index contributed by atoms with van der Waals surface area (Å²) in [4.78, 5) is 12.5. The van der Waals surface area contributed by atoms with E-state index in [1.807, 2.05) is 44.2 Å². The number of carbonyl (C=O) groups is 1. The highest BCUT2D eigenvalue weighted by Gasteiger charge is 2.38. The van der Waals surface area contributed by atoms with Gasteiger partial charge in [-0.05, 0) is 72.8 Å². The van der Waals surface area contributed by atoms with Crippen molar-refractivity contribution in [3.8, 4) is 11.5 Å².